The highest BCUT2D eigenvalue weighted by molar-refractivity contribution is 5.84. The average molecular weight is 259 g/mol. The first-order valence-electron chi connectivity index (χ1n) is 6.77. The fraction of sp³-hybridized carbons (Fsp3) is 0.438. The Hall–Kier alpha value is -1.45. The lowest BCUT2D eigenvalue weighted by molar-refractivity contribution is -0.0580. The number of fused-ring (bicyclic) bond motifs is 1. The number of ether oxygens (including phenoxy) is 1. The quantitative estimate of drug-likeness (QED) is 0.895. The molecule has 3 heteroatoms. The fourth-order valence-corrected chi connectivity index (χ4v) is 2.39. The van der Waals surface area contributed by atoms with Crippen molar-refractivity contribution >= 4 is 10.8 Å². The number of aliphatic hydroxyl groups excluding tert-OH is 1. The van der Waals surface area contributed by atoms with Gasteiger partial charge >= 0.3 is 0 Å². The third-order valence-electron chi connectivity index (χ3n) is 3.35. The molecule has 0 aliphatic carbocycles. The van der Waals surface area contributed by atoms with Gasteiger partial charge in [0, 0.05) is 30.0 Å². The van der Waals surface area contributed by atoms with Gasteiger partial charge in [0.05, 0.1) is 6.10 Å². The van der Waals surface area contributed by atoms with E-state index in [1.54, 1.807) is 6.20 Å². The zero-order chi connectivity index (χ0) is 13.8. The van der Waals surface area contributed by atoms with E-state index < -0.39 is 6.10 Å². The Morgan fingerprint density at radius 2 is 1.95 bits per heavy atom. The molecule has 2 rings (SSSR count). The molecule has 0 amide bonds. The summed E-state index contributed by atoms with van der Waals surface area (Å²) in [5.41, 5.74) is 0.838. The van der Waals surface area contributed by atoms with Crippen LogP contribution in [0.3, 0.4) is 0 Å². The topological polar surface area (TPSA) is 42.4 Å². The second-order valence-electron chi connectivity index (χ2n) is 5.06. The maximum absolute atomic E-state index is 10.6. The molecule has 0 aliphatic rings. The minimum Gasteiger partial charge on any atom is -0.386 e. The van der Waals surface area contributed by atoms with Gasteiger partial charge in [-0.05, 0) is 18.2 Å². The van der Waals surface area contributed by atoms with E-state index in [1.807, 2.05) is 37.4 Å². The number of hydrogen-bond acceptors (Lipinski definition) is 3. The predicted molar refractivity (Wildman–Crippen MR) is 77.0 cm³/mol. The maximum Gasteiger partial charge on any atom is 0.107 e. The van der Waals surface area contributed by atoms with Crippen molar-refractivity contribution in [2.75, 3.05) is 6.61 Å². The van der Waals surface area contributed by atoms with Gasteiger partial charge in [0.1, 0.15) is 6.10 Å². The molecule has 2 atom stereocenters. The molecule has 2 unspecified atom stereocenters. The van der Waals surface area contributed by atoms with E-state index in [0.29, 0.717) is 6.61 Å². The van der Waals surface area contributed by atoms with Crippen LogP contribution in [0.2, 0.25) is 0 Å². The normalized spacial score (nSPS) is 14.8. The van der Waals surface area contributed by atoms with Crippen molar-refractivity contribution in [2.24, 2.45) is 5.92 Å². The van der Waals surface area contributed by atoms with E-state index in [9.17, 15) is 5.11 Å². The van der Waals surface area contributed by atoms with E-state index in [1.165, 1.54) is 0 Å². The number of hydrogen-bond donors (Lipinski definition) is 1. The van der Waals surface area contributed by atoms with E-state index in [-0.39, 0.29) is 12.0 Å². The molecule has 19 heavy (non-hydrogen) atoms. The highest BCUT2D eigenvalue weighted by Crippen LogP contribution is 2.29. The number of benzene rings is 1. The highest BCUT2D eigenvalue weighted by atomic mass is 16.5. The highest BCUT2D eigenvalue weighted by Gasteiger charge is 2.26. The second-order valence-corrected chi connectivity index (χ2v) is 5.06. The molecule has 0 bridgehead atoms. The van der Waals surface area contributed by atoms with Gasteiger partial charge in [-0.25, -0.2) is 0 Å². The Morgan fingerprint density at radius 3 is 2.63 bits per heavy atom. The van der Waals surface area contributed by atoms with E-state index in [4.69, 9.17) is 4.74 Å². The fourth-order valence-electron chi connectivity index (χ4n) is 2.39. The number of aromatic nitrogens is 1. The van der Waals surface area contributed by atoms with Crippen LogP contribution in [0.4, 0.5) is 0 Å². The number of pyridine rings is 1. The summed E-state index contributed by atoms with van der Waals surface area (Å²) < 4.78 is 5.69. The third kappa shape index (κ3) is 2.94. The van der Waals surface area contributed by atoms with Crippen LogP contribution >= 0.6 is 0 Å². The standard InChI is InChI=1S/C16H21NO2/c1-4-19-16(11(2)3)15(18)14-10-17-9-12-7-5-6-8-13(12)14/h5-11,15-16,18H,4H2,1-3H3. The molecule has 1 aromatic carbocycles. The first-order valence-corrected chi connectivity index (χ1v) is 6.77. The Balaban J connectivity index is 2.42. The predicted octanol–water partition coefficient (Wildman–Crippen LogP) is 3.33. The van der Waals surface area contributed by atoms with Crippen molar-refractivity contribution in [2.45, 2.75) is 33.0 Å². The monoisotopic (exact) mass is 259 g/mol. The van der Waals surface area contributed by atoms with Crippen LogP contribution in [0.25, 0.3) is 10.8 Å². The summed E-state index contributed by atoms with van der Waals surface area (Å²) >= 11 is 0. The maximum atomic E-state index is 10.6. The zero-order valence-electron chi connectivity index (χ0n) is 11.7. The largest absolute Gasteiger partial charge is 0.386 e. The van der Waals surface area contributed by atoms with Crippen molar-refractivity contribution in [1.29, 1.82) is 0 Å². The van der Waals surface area contributed by atoms with Gasteiger partial charge in [0.25, 0.3) is 0 Å². The lowest BCUT2D eigenvalue weighted by atomic mass is 9.94. The average Bonchev–Trinajstić information content (AvgIpc) is 2.43. The van der Waals surface area contributed by atoms with Crippen LogP contribution in [0.5, 0.6) is 0 Å². The molecule has 102 valence electrons. The van der Waals surface area contributed by atoms with Crippen molar-refractivity contribution in [3.05, 3.63) is 42.2 Å². The Morgan fingerprint density at radius 1 is 1.21 bits per heavy atom. The molecule has 0 aliphatic heterocycles. The molecule has 1 heterocycles. The van der Waals surface area contributed by atoms with Gasteiger partial charge in [0.2, 0.25) is 0 Å². The summed E-state index contributed by atoms with van der Waals surface area (Å²) in [6.07, 6.45) is 2.69. The van der Waals surface area contributed by atoms with Crippen LogP contribution in [-0.4, -0.2) is 22.8 Å². The van der Waals surface area contributed by atoms with E-state index in [0.717, 1.165) is 16.3 Å². The molecule has 1 aromatic heterocycles. The van der Waals surface area contributed by atoms with Crippen LogP contribution in [0.1, 0.15) is 32.4 Å². The summed E-state index contributed by atoms with van der Waals surface area (Å²) in [6, 6.07) is 7.97. The van der Waals surface area contributed by atoms with Gasteiger partial charge in [-0.1, -0.05) is 38.1 Å². The molecule has 0 saturated heterocycles. The van der Waals surface area contributed by atoms with Gasteiger partial charge in [-0.2, -0.15) is 0 Å². The summed E-state index contributed by atoms with van der Waals surface area (Å²) in [5.74, 6) is 0.244. The van der Waals surface area contributed by atoms with Gasteiger partial charge in [0.15, 0.2) is 0 Å². The first kappa shape index (κ1) is 14.0. The molecule has 0 spiro atoms. The summed E-state index contributed by atoms with van der Waals surface area (Å²) in [4.78, 5) is 4.22. The van der Waals surface area contributed by atoms with Gasteiger partial charge < -0.3 is 9.84 Å². The zero-order valence-corrected chi connectivity index (χ0v) is 11.7. The molecule has 0 radical (unpaired) electrons. The summed E-state index contributed by atoms with van der Waals surface area (Å²) in [7, 11) is 0. The Kier molecular flexibility index (Phi) is 4.51. The van der Waals surface area contributed by atoms with E-state index >= 15 is 0 Å². The van der Waals surface area contributed by atoms with Crippen molar-refractivity contribution in [3.8, 4) is 0 Å². The minimum absolute atomic E-state index is 0.211. The van der Waals surface area contributed by atoms with Crippen molar-refractivity contribution in [3.63, 3.8) is 0 Å². The van der Waals surface area contributed by atoms with Crippen molar-refractivity contribution in [1.82, 2.24) is 4.98 Å². The molecule has 1 N–H and O–H groups in total. The van der Waals surface area contributed by atoms with Crippen LogP contribution in [0, 0.1) is 5.92 Å². The summed E-state index contributed by atoms with van der Waals surface area (Å²) in [6.45, 7) is 6.66. The van der Waals surface area contributed by atoms with Gasteiger partial charge in [-0.3, -0.25) is 4.98 Å². The third-order valence-corrected chi connectivity index (χ3v) is 3.35. The molecule has 3 nitrogen and oxygen atoms in total. The number of aliphatic hydroxyl groups is 1. The van der Waals surface area contributed by atoms with Crippen LogP contribution in [-0.2, 0) is 4.74 Å². The SMILES string of the molecule is CCOC(C(C)C)C(O)c1cncc2ccccc12. The Bertz CT molecular complexity index is 534. The van der Waals surface area contributed by atoms with E-state index in [2.05, 4.69) is 18.8 Å². The molecule has 0 fully saturated rings. The molecule has 0 saturated carbocycles. The molecular weight excluding hydrogens is 238 g/mol. The van der Waals surface area contributed by atoms with Crippen LogP contribution < -0.4 is 0 Å². The lowest BCUT2D eigenvalue weighted by Crippen LogP contribution is -2.28. The summed E-state index contributed by atoms with van der Waals surface area (Å²) in [5, 5.41) is 12.7. The van der Waals surface area contributed by atoms with Crippen molar-refractivity contribution < 1.29 is 9.84 Å². The number of rotatable bonds is 5. The minimum atomic E-state index is -0.654. The second kappa shape index (κ2) is 6.13. The van der Waals surface area contributed by atoms with Crippen LogP contribution in [0.15, 0.2) is 36.7 Å². The lowest BCUT2D eigenvalue weighted by Gasteiger charge is -2.27. The molecular formula is C16H21NO2. The smallest absolute Gasteiger partial charge is 0.107 e. The molecule has 2 aromatic rings. The Labute approximate surface area is 114 Å². The van der Waals surface area contributed by atoms with Gasteiger partial charge in [-0.15, -0.1) is 0 Å². The first-order chi connectivity index (χ1) is 9.15. The number of nitrogens with zero attached hydrogens (tertiary/aromatic N) is 1.